The van der Waals surface area contributed by atoms with Gasteiger partial charge < -0.3 is 18.6 Å². The van der Waals surface area contributed by atoms with E-state index in [9.17, 15) is 22.9 Å². The van der Waals surface area contributed by atoms with Crippen molar-refractivity contribution in [1.29, 1.82) is 0 Å². The van der Waals surface area contributed by atoms with Crippen LogP contribution in [0.5, 0.6) is 5.75 Å². The van der Waals surface area contributed by atoms with Crippen molar-refractivity contribution < 1.29 is 86.2 Å². The topological polar surface area (TPSA) is 107 Å². The van der Waals surface area contributed by atoms with E-state index in [4.69, 9.17) is 0 Å². The quantitative estimate of drug-likeness (QED) is 0.303. The maximum absolute atomic E-state index is 10.3. The monoisotopic (exact) mass is 290 g/mol. The number of aliphatic carboxylic acids is 1. The zero-order valence-electron chi connectivity index (χ0n) is 10.1. The van der Waals surface area contributed by atoms with Crippen molar-refractivity contribution in [1.82, 2.24) is 0 Å². The molecule has 0 unspecified atom stereocenters. The summed E-state index contributed by atoms with van der Waals surface area (Å²) >= 11 is 0. The Balaban J connectivity index is 0. The van der Waals surface area contributed by atoms with Crippen LogP contribution in [0.25, 0.3) is 0 Å². The van der Waals surface area contributed by atoms with Crippen molar-refractivity contribution in [2.45, 2.75) is 12.8 Å². The van der Waals surface area contributed by atoms with Gasteiger partial charge in [0.2, 0.25) is 0 Å². The van der Waals surface area contributed by atoms with E-state index >= 15 is 0 Å². The van der Waals surface area contributed by atoms with E-state index in [2.05, 4.69) is 4.18 Å². The first-order valence-corrected chi connectivity index (χ1v) is 5.64. The average Bonchev–Trinajstić information content (AvgIpc) is 2.12. The van der Waals surface area contributed by atoms with Gasteiger partial charge in [-0.05, 0) is 30.5 Å². The molecule has 0 atom stereocenters. The van der Waals surface area contributed by atoms with Crippen LogP contribution in [0.1, 0.15) is 12.0 Å². The number of carboxylic acid groups (broad SMARTS) is 1. The van der Waals surface area contributed by atoms with Crippen LogP contribution in [-0.4, -0.2) is 18.9 Å². The number of hydrogen-bond donors (Lipinski definition) is 0. The summed E-state index contributed by atoms with van der Waals surface area (Å²) in [4.78, 5) is 10.2. The molecular weight excluding hydrogens is 282 g/mol. The van der Waals surface area contributed by atoms with Gasteiger partial charge in [-0.25, -0.2) is 8.42 Å². The van der Waals surface area contributed by atoms with Crippen molar-refractivity contribution in [3.63, 3.8) is 0 Å². The molecule has 1 rings (SSSR count). The number of carbonyl (C=O) groups excluding carboxylic acids is 1. The Morgan fingerprint density at radius 3 is 2.39 bits per heavy atom. The number of aryl methyl sites for hydroxylation is 1. The minimum absolute atomic E-state index is 0. The summed E-state index contributed by atoms with van der Waals surface area (Å²) in [5.74, 6) is -1.34. The molecule has 0 bridgehead atoms. The molecule has 0 N–H and O–H groups in total. The van der Waals surface area contributed by atoms with E-state index in [0.717, 1.165) is 0 Å². The van der Waals surface area contributed by atoms with Crippen molar-refractivity contribution in [3.8, 4) is 5.75 Å². The largest absolute Gasteiger partial charge is 1.00 e. The molecule has 0 fully saturated rings. The third kappa shape index (κ3) is 9.35. The summed E-state index contributed by atoms with van der Waals surface area (Å²) in [7, 11) is -4.80. The summed E-state index contributed by atoms with van der Waals surface area (Å²) in [6, 6.07) is 5.63. The van der Waals surface area contributed by atoms with Crippen molar-refractivity contribution in [2.75, 3.05) is 0 Å². The fourth-order valence-electron chi connectivity index (χ4n) is 1.12. The third-order valence-electron chi connectivity index (χ3n) is 1.71. The number of benzene rings is 1. The fourth-order valence-corrected chi connectivity index (χ4v) is 1.46. The number of hydrogen-bond acceptors (Lipinski definition) is 6. The Morgan fingerprint density at radius 2 is 1.89 bits per heavy atom. The minimum Gasteiger partial charge on any atom is -0.716 e. The molecule has 0 heterocycles. The van der Waals surface area contributed by atoms with Gasteiger partial charge in [0.1, 0.15) is 5.75 Å². The predicted octanol–water partition coefficient (Wildman–Crippen LogP) is -6.78. The standard InChI is InChI=1S/C9H10O6S.2Na/c10-9(11)5-4-7-2-1-3-8(6-7)15-16(12,13)14;;/h1-3,6H,4-5H2,(H,10,11)(H,12,13,14);;/q;2*+1/p-2. The van der Waals surface area contributed by atoms with Gasteiger partial charge >= 0.3 is 59.1 Å². The maximum atomic E-state index is 10.3. The second kappa shape index (κ2) is 9.33. The van der Waals surface area contributed by atoms with Gasteiger partial charge in [-0.3, -0.25) is 0 Å². The summed E-state index contributed by atoms with van der Waals surface area (Å²) in [6.07, 6.45) is -0.00792. The van der Waals surface area contributed by atoms with E-state index in [1.54, 1.807) is 6.07 Å². The van der Waals surface area contributed by atoms with Gasteiger partial charge in [0, 0.05) is 5.97 Å². The summed E-state index contributed by atoms with van der Waals surface area (Å²) in [5.41, 5.74) is 0.547. The molecule has 0 spiro atoms. The van der Waals surface area contributed by atoms with Crippen LogP contribution < -0.4 is 68.4 Å². The molecule has 0 aliphatic carbocycles. The first kappa shape index (κ1) is 20.7. The maximum Gasteiger partial charge on any atom is 1.00 e. The number of carboxylic acids is 1. The number of carbonyl (C=O) groups is 1. The van der Waals surface area contributed by atoms with E-state index in [-0.39, 0.29) is 77.7 Å². The molecule has 1 aromatic carbocycles. The summed E-state index contributed by atoms with van der Waals surface area (Å²) in [5, 5.41) is 10.2. The van der Waals surface area contributed by atoms with Gasteiger partial charge in [0.05, 0.1) is 0 Å². The van der Waals surface area contributed by atoms with E-state index in [1.807, 2.05) is 0 Å². The molecule has 1 aromatic rings. The Morgan fingerprint density at radius 1 is 1.28 bits per heavy atom. The first-order valence-electron chi connectivity index (χ1n) is 4.31. The first-order chi connectivity index (χ1) is 7.37. The molecular formula is C9H8Na2O6S. The van der Waals surface area contributed by atoms with E-state index in [0.29, 0.717) is 5.56 Å². The van der Waals surface area contributed by atoms with Gasteiger partial charge in [-0.1, -0.05) is 12.1 Å². The molecule has 0 aliphatic heterocycles. The second-order valence-corrected chi connectivity index (χ2v) is 3.99. The van der Waals surface area contributed by atoms with Crippen LogP contribution >= 0.6 is 0 Å². The van der Waals surface area contributed by atoms with Crippen molar-refractivity contribution in [2.24, 2.45) is 0 Å². The van der Waals surface area contributed by atoms with Crippen LogP contribution in [0.3, 0.4) is 0 Å². The van der Waals surface area contributed by atoms with Gasteiger partial charge in [-0.15, -0.1) is 0 Å². The van der Waals surface area contributed by atoms with Gasteiger partial charge in [0.15, 0.2) is 0 Å². The fraction of sp³-hybridized carbons (Fsp3) is 0.222. The molecule has 6 nitrogen and oxygen atoms in total. The second-order valence-electron chi connectivity index (χ2n) is 3.01. The predicted molar refractivity (Wildman–Crippen MR) is 50.1 cm³/mol. The van der Waals surface area contributed by atoms with E-state index in [1.165, 1.54) is 18.2 Å². The Kier molecular flexibility index (Phi) is 10.7. The van der Waals surface area contributed by atoms with Crippen LogP contribution in [0.4, 0.5) is 0 Å². The molecule has 9 heteroatoms. The molecule has 0 aromatic heterocycles. The van der Waals surface area contributed by atoms with Crippen LogP contribution in [0.15, 0.2) is 24.3 Å². The van der Waals surface area contributed by atoms with Crippen LogP contribution in [0, 0.1) is 0 Å². The van der Waals surface area contributed by atoms with Crippen LogP contribution in [0.2, 0.25) is 0 Å². The zero-order chi connectivity index (χ0) is 12.2. The van der Waals surface area contributed by atoms with E-state index < -0.39 is 16.4 Å². The smallest absolute Gasteiger partial charge is 0.716 e. The third-order valence-corrected chi connectivity index (χ3v) is 2.11. The van der Waals surface area contributed by atoms with Gasteiger partial charge in [-0.2, -0.15) is 0 Å². The van der Waals surface area contributed by atoms with Crippen molar-refractivity contribution in [3.05, 3.63) is 29.8 Å². The SMILES string of the molecule is O=C([O-])CCc1cccc(OS(=O)(=O)[O-])c1.[Na+].[Na+]. The van der Waals surface area contributed by atoms with Crippen LogP contribution in [-0.2, 0) is 21.6 Å². The Labute approximate surface area is 149 Å². The average molecular weight is 290 g/mol. The Hall–Kier alpha value is 0.400. The van der Waals surface area contributed by atoms with Gasteiger partial charge in [0.25, 0.3) is 10.4 Å². The minimum atomic E-state index is -4.80. The molecule has 18 heavy (non-hydrogen) atoms. The zero-order valence-corrected chi connectivity index (χ0v) is 14.9. The summed E-state index contributed by atoms with van der Waals surface area (Å²) in [6.45, 7) is 0. The van der Waals surface area contributed by atoms with Crippen molar-refractivity contribution >= 4 is 16.4 Å². The number of rotatable bonds is 5. The molecule has 0 radical (unpaired) electrons. The molecule has 0 amide bonds. The molecule has 0 aliphatic rings. The summed E-state index contributed by atoms with van der Waals surface area (Å²) < 4.78 is 35.0. The molecule has 88 valence electrons. The molecule has 0 saturated heterocycles. The Bertz CT molecular complexity index is 488. The normalized spacial score (nSPS) is 9.83. The molecule has 0 saturated carbocycles.